The molecule has 1 saturated heterocycles. The van der Waals surface area contributed by atoms with Crippen LogP contribution in [0.25, 0.3) is 0 Å². The highest BCUT2D eigenvalue weighted by Gasteiger charge is 2.16. The fraction of sp³-hybridized carbons (Fsp3) is 0.462. The van der Waals surface area contributed by atoms with E-state index in [0.717, 1.165) is 24.3 Å². The molecule has 0 bridgehead atoms. The molecule has 0 amide bonds. The molecule has 1 fully saturated rings. The molecule has 0 radical (unpaired) electrons. The lowest BCUT2D eigenvalue weighted by Gasteiger charge is -2.24. The zero-order valence-corrected chi connectivity index (χ0v) is 11.1. The molecule has 1 heterocycles. The minimum Gasteiger partial charge on any atom is -0.465 e. The van der Waals surface area contributed by atoms with Crippen molar-refractivity contribution in [3.8, 4) is 0 Å². The number of benzene rings is 1. The van der Waals surface area contributed by atoms with Crippen molar-refractivity contribution in [2.24, 2.45) is 0 Å². The van der Waals surface area contributed by atoms with Crippen LogP contribution < -0.4 is 5.32 Å². The van der Waals surface area contributed by atoms with Gasteiger partial charge in [-0.1, -0.05) is 0 Å². The molecule has 0 unspecified atom stereocenters. The molecule has 1 aromatic carbocycles. The van der Waals surface area contributed by atoms with Crippen LogP contribution in [0.15, 0.2) is 18.2 Å². The Hall–Kier alpha value is -1.23. The number of ether oxygens (including phenoxy) is 1. The fourth-order valence-electron chi connectivity index (χ4n) is 1.94. The molecular formula is C13H16FNO2S. The molecule has 1 N–H and O–H groups in total. The second-order valence-corrected chi connectivity index (χ2v) is 5.44. The van der Waals surface area contributed by atoms with Crippen molar-refractivity contribution in [3.05, 3.63) is 29.6 Å². The summed E-state index contributed by atoms with van der Waals surface area (Å²) in [5.74, 6) is 1.41. The number of hydrogen-bond acceptors (Lipinski definition) is 4. The van der Waals surface area contributed by atoms with Gasteiger partial charge in [0.2, 0.25) is 0 Å². The third-order valence-corrected chi connectivity index (χ3v) is 4.02. The molecule has 0 atom stereocenters. The van der Waals surface area contributed by atoms with Gasteiger partial charge in [-0.2, -0.15) is 11.8 Å². The Labute approximate surface area is 110 Å². The zero-order valence-electron chi connectivity index (χ0n) is 10.2. The Morgan fingerprint density at radius 3 is 2.83 bits per heavy atom. The van der Waals surface area contributed by atoms with Crippen LogP contribution in [-0.2, 0) is 4.74 Å². The summed E-state index contributed by atoms with van der Waals surface area (Å²) in [5, 5.41) is 3.17. The van der Waals surface area contributed by atoms with Crippen molar-refractivity contribution < 1.29 is 13.9 Å². The lowest BCUT2D eigenvalue weighted by molar-refractivity contribution is 0.0600. The number of thioether (sulfide) groups is 1. The molecule has 5 heteroatoms. The van der Waals surface area contributed by atoms with Crippen molar-refractivity contribution in [2.75, 3.05) is 23.9 Å². The number of carbonyl (C=O) groups excluding carboxylic acids is 1. The molecule has 98 valence electrons. The number of methoxy groups -OCH3 is 1. The smallest absolute Gasteiger partial charge is 0.337 e. The summed E-state index contributed by atoms with van der Waals surface area (Å²) in [4.78, 5) is 11.4. The third-order valence-electron chi connectivity index (χ3n) is 2.97. The maximum absolute atomic E-state index is 13.7. The number of carbonyl (C=O) groups is 1. The third kappa shape index (κ3) is 3.16. The highest BCUT2D eigenvalue weighted by Crippen LogP contribution is 2.23. The van der Waals surface area contributed by atoms with E-state index >= 15 is 0 Å². The summed E-state index contributed by atoms with van der Waals surface area (Å²) in [6.07, 6.45) is 2.04. The second kappa shape index (κ2) is 6.09. The summed E-state index contributed by atoms with van der Waals surface area (Å²) in [6, 6.07) is 4.53. The maximum atomic E-state index is 13.7. The number of hydrogen-bond donors (Lipinski definition) is 1. The van der Waals surface area contributed by atoms with Crippen LogP contribution >= 0.6 is 11.8 Å². The molecule has 0 aromatic heterocycles. The predicted octanol–water partition coefficient (Wildman–Crippen LogP) is 2.92. The summed E-state index contributed by atoms with van der Waals surface area (Å²) >= 11 is 1.92. The van der Waals surface area contributed by atoms with Crippen molar-refractivity contribution in [1.82, 2.24) is 0 Å². The fourth-order valence-corrected chi connectivity index (χ4v) is 3.05. The molecule has 1 aromatic rings. The molecular weight excluding hydrogens is 253 g/mol. The topological polar surface area (TPSA) is 38.3 Å². The number of esters is 1. The first-order chi connectivity index (χ1) is 8.70. The van der Waals surface area contributed by atoms with Crippen molar-refractivity contribution in [1.29, 1.82) is 0 Å². The Morgan fingerprint density at radius 2 is 2.17 bits per heavy atom. The van der Waals surface area contributed by atoms with Gasteiger partial charge in [0.05, 0.1) is 18.4 Å². The SMILES string of the molecule is COC(=O)c1ccc(F)c(NC2CCSCC2)c1. The van der Waals surface area contributed by atoms with Crippen LogP contribution in [0, 0.1) is 5.82 Å². The summed E-state index contributed by atoms with van der Waals surface area (Å²) in [7, 11) is 1.32. The van der Waals surface area contributed by atoms with Crippen LogP contribution in [-0.4, -0.2) is 30.6 Å². The van der Waals surface area contributed by atoms with Gasteiger partial charge in [0, 0.05) is 6.04 Å². The van der Waals surface area contributed by atoms with Crippen LogP contribution in [0.3, 0.4) is 0 Å². The van der Waals surface area contributed by atoms with Gasteiger partial charge in [0.25, 0.3) is 0 Å². The van der Waals surface area contributed by atoms with Crippen LogP contribution in [0.2, 0.25) is 0 Å². The van der Waals surface area contributed by atoms with E-state index < -0.39 is 5.97 Å². The summed E-state index contributed by atoms with van der Waals surface area (Å²) in [6.45, 7) is 0. The highest BCUT2D eigenvalue weighted by molar-refractivity contribution is 7.99. The van der Waals surface area contributed by atoms with E-state index in [1.54, 1.807) is 0 Å². The molecule has 3 nitrogen and oxygen atoms in total. The highest BCUT2D eigenvalue weighted by atomic mass is 32.2. The van der Waals surface area contributed by atoms with E-state index in [1.165, 1.54) is 25.3 Å². The van der Waals surface area contributed by atoms with E-state index in [9.17, 15) is 9.18 Å². The molecule has 1 aliphatic heterocycles. The molecule has 1 aliphatic rings. The zero-order chi connectivity index (χ0) is 13.0. The van der Waals surface area contributed by atoms with Gasteiger partial charge in [-0.3, -0.25) is 0 Å². The van der Waals surface area contributed by atoms with Gasteiger partial charge in [0.1, 0.15) is 5.82 Å². The van der Waals surface area contributed by atoms with Gasteiger partial charge in [-0.05, 0) is 42.5 Å². The van der Waals surface area contributed by atoms with Crippen molar-refractivity contribution in [3.63, 3.8) is 0 Å². The number of nitrogens with one attached hydrogen (secondary N) is 1. The van der Waals surface area contributed by atoms with E-state index in [4.69, 9.17) is 0 Å². The van der Waals surface area contributed by atoms with E-state index in [2.05, 4.69) is 10.1 Å². The van der Waals surface area contributed by atoms with Gasteiger partial charge in [0.15, 0.2) is 0 Å². The molecule has 0 spiro atoms. The Kier molecular flexibility index (Phi) is 4.47. The standard InChI is InChI=1S/C13H16FNO2S/c1-17-13(16)9-2-3-11(14)12(8-9)15-10-4-6-18-7-5-10/h2-3,8,10,15H,4-7H2,1H3. The summed E-state index contributed by atoms with van der Waals surface area (Å²) < 4.78 is 18.3. The van der Waals surface area contributed by atoms with Crippen molar-refractivity contribution in [2.45, 2.75) is 18.9 Å². The Morgan fingerprint density at radius 1 is 1.44 bits per heavy atom. The molecule has 0 saturated carbocycles. The first-order valence-corrected chi connectivity index (χ1v) is 7.08. The minimum absolute atomic E-state index is 0.286. The normalized spacial score (nSPS) is 16.3. The van der Waals surface area contributed by atoms with Crippen molar-refractivity contribution >= 4 is 23.4 Å². The summed E-state index contributed by atoms with van der Waals surface area (Å²) in [5.41, 5.74) is 0.751. The largest absolute Gasteiger partial charge is 0.465 e. The molecule has 18 heavy (non-hydrogen) atoms. The lowest BCUT2D eigenvalue weighted by atomic mass is 10.1. The van der Waals surface area contributed by atoms with Crippen LogP contribution in [0.1, 0.15) is 23.2 Å². The first-order valence-electron chi connectivity index (χ1n) is 5.93. The van der Waals surface area contributed by atoms with E-state index in [0.29, 0.717) is 11.3 Å². The van der Waals surface area contributed by atoms with Gasteiger partial charge >= 0.3 is 5.97 Å². The lowest BCUT2D eigenvalue weighted by Crippen LogP contribution is -2.25. The Bertz CT molecular complexity index is 433. The molecule has 0 aliphatic carbocycles. The quantitative estimate of drug-likeness (QED) is 0.856. The van der Waals surface area contributed by atoms with E-state index in [1.807, 2.05) is 11.8 Å². The average Bonchev–Trinajstić information content (AvgIpc) is 2.41. The maximum Gasteiger partial charge on any atom is 0.337 e. The second-order valence-electron chi connectivity index (χ2n) is 4.22. The monoisotopic (exact) mass is 269 g/mol. The number of anilines is 1. The average molecular weight is 269 g/mol. The van der Waals surface area contributed by atoms with Gasteiger partial charge in [-0.15, -0.1) is 0 Å². The van der Waals surface area contributed by atoms with Crippen LogP contribution in [0.5, 0.6) is 0 Å². The Balaban J connectivity index is 2.12. The van der Waals surface area contributed by atoms with Crippen LogP contribution in [0.4, 0.5) is 10.1 Å². The number of rotatable bonds is 3. The predicted molar refractivity (Wildman–Crippen MR) is 71.7 cm³/mol. The number of halogens is 1. The van der Waals surface area contributed by atoms with E-state index in [-0.39, 0.29) is 11.9 Å². The van der Waals surface area contributed by atoms with Gasteiger partial charge < -0.3 is 10.1 Å². The van der Waals surface area contributed by atoms with Gasteiger partial charge in [-0.25, -0.2) is 9.18 Å². The first kappa shape index (κ1) is 13.2. The minimum atomic E-state index is -0.447. The molecule has 2 rings (SSSR count).